The lowest BCUT2D eigenvalue weighted by Gasteiger charge is -2.18. The van der Waals surface area contributed by atoms with Crippen molar-refractivity contribution in [3.8, 4) is 11.5 Å². The van der Waals surface area contributed by atoms with Crippen LogP contribution in [0.25, 0.3) is 0 Å². The number of nitrogens with one attached hydrogen (secondary N) is 2. The molecular weight excluding hydrogens is 629 g/mol. The fourth-order valence-electron chi connectivity index (χ4n) is 4.31. The molecule has 1 aliphatic heterocycles. The van der Waals surface area contributed by atoms with E-state index in [4.69, 9.17) is 44.3 Å². The SMILES string of the molecule is Cc1ccc(OCC(=O)Nc2cccc(C(=O)NC3=NN(c4c(Cl)cc(Cl)cc4Cl)C(=O)C3Oc3ccncc3)c2)c(C)c1. The van der Waals surface area contributed by atoms with Gasteiger partial charge in [-0.15, -0.1) is 5.10 Å². The average molecular weight is 653 g/mol. The van der Waals surface area contributed by atoms with Crippen molar-refractivity contribution in [2.75, 3.05) is 16.9 Å². The van der Waals surface area contributed by atoms with Gasteiger partial charge in [-0.25, -0.2) is 0 Å². The first-order valence-corrected chi connectivity index (χ1v) is 14.3. The van der Waals surface area contributed by atoms with Gasteiger partial charge in [0.15, 0.2) is 12.4 Å². The Morgan fingerprint density at radius 1 is 0.932 bits per heavy atom. The largest absolute Gasteiger partial charge is 0.483 e. The summed E-state index contributed by atoms with van der Waals surface area (Å²) in [6.45, 7) is 3.65. The zero-order valence-corrected chi connectivity index (χ0v) is 25.6. The van der Waals surface area contributed by atoms with Gasteiger partial charge in [0.1, 0.15) is 17.2 Å². The first kappa shape index (κ1) is 30.8. The highest BCUT2D eigenvalue weighted by Crippen LogP contribution is 2.38. The summed E-state index contributed by atoms with van der Waals surface area (Å²) in [6.07, 6.45) is 1.62. The maximum absolute atomic E-state index is 13.5. The molecule has 0 spiro atoms. The number of halogens is 3. The number of hydrogen-bond acceptors (Lipinski definition) is 7. The number of hydrazone groups is 1. The molecule has 1 aromatic heterocycles. The van der Waals surface area contributed by atoms with Crippen LogP contribution in [0.3, 0.4) is 0 Å². The van der Waals surface area contributed by atoms with Crippen molar-refractivity contribution in [1.29, 1.82) is 0 Å². The Morgan fingerprint density at radius 3 is 2.36 bits per heavy atom. The van der Waals surface area contributed by atoms with E-state index >= 15 is 0 Å². The standard InChI is InChI=1S/C31H24Cl3N5O5/c1-17-6-7-25(18(2)12-17)43-16-26(40)36-21-5-3-4-19(13-21)30(41)37-29-28(44-22-8-10-35-11-9-22)31(42)39(38-29)27-23(33)14-20(32)15-24(27)34/h3-15,28H,16H2,1-2H3,(H,36,40)(H,37,38,41). The summed E-state index contributed by atoms with van der Waals surface area (Å²) >= 11 is 18.7. The summed E-state index contributed by atoms with van der Waals surface area (Å²) in [5, 5.41) is 11.0. The molecular formula is C31H24Cl3N5O5. The van der Waals surface area contributed by atoms with Crippen molar-refractivity contribution >= 4 is 69.7 Å². The monoisotopic (exact) mass is 651 g/mol. The van der Waals surface area contributed by atoms with Crippen LogP contribution in [0.5, 0.6) is 11.5 Å². The number of ether oxygens (including phenoxy) is 2. The van der Waals surface area contributed by atoms with Crippen LogP contribution >= 0.6 is 34.8 Å². The van der Waals surface area contributed by atoms with Crippen LogP contribution in [0.15, 0.2) is 84.2 Å². The maximum atomic E-state index is 13.5. The normalized spacial score (nSPS) is 14.2. The first-order valence-electron chi connectivity index (χ1n) is 13.1. The molecule has 2 heterocycles. The van der Waals surface area contributed by atoms with E-state index in [9.17, 15) is 14.4 Å². The molecule has 0 radical (unpaired) electrons. The number of amidine groups is 1. The number of rotatable bonds is 8. The molecule has 3 aromatic carbocycles. The van der Waals surface area contributed by atoms with Gasteiger partial charge in [0.05, 0.1) is 10.0 Å². The molecule has 13 heteroatoms. The highest BCUT2D eigenvalue weighted by molar-refractivity contribution is 6.43. The number of hydrogen-bond donors (Lipinski definition) is 2. The summed E-state index contributed by atoms with van der Waals surface area (Å²) in [7, 11) is 0. The molecule has 0 saturated heterocycles. The van der Waals surface area contributed by atoms with E-state index in [2.05, 4.69) is 20.7 Å². The van der Waals surface area contributed by atoms with Gasteiger partial charge < -0.3 is 20.1 Å². The maximum Gasteiger partial charge on any atom is 0.296 e. The summed E-state index contributed by atoms with van der Waals surface area (Å²) < 4.78 is 11.5. The fraction of sp³-hybridized carbons (Fsp3) is 0.129. The van der Waals surface area contributed by atoms with Crippen molar-refractivity contribution in [3.05, 3.63) is 111 Å². The summed E-state index contributed by atoms with van der Waals surface area (Å²) in [5.74, 6) is -0.889. The van der Waals surface area contributed by atoms with Gasteiger partial charge in [-0.1, -0.05) is 58.6 Å². The molecule has 3 amide bonds. The Labute approximate surface area is 267 Å². The highest BCUT2D eigenvalue weighted by atomic mass is 35.5. The third-order valence-electron chi connectivity index (χ3n) is 6.33. The molecule has 0 aliphatic carbocycles. The van der Waals surface area contributed by atoms with Crippen LogP contribution in [0.2, 0.25) is 15.1 Å². The zero-order valence-electron chi connectivity index (χ0n) is 23.3. The number of amides is 3. The van der Waals surface area contributed by atoms with Gasteiger partial charge in [0, 0.05) is 28.7 Å². The van der Waals surface area contributed by atoms with Crippen molar-refractivity contribution < 1.29 is 23.9 Å². The Morgan fingerprint density at radius 2 is 1.66 bits per heavy atom. The second-order valence-corrected chi connectivity index (χ2v) is 10.9. The molecule has 1 atom stereocenters. The average Bonchev–Trinajstić information content (AvgIpc) is 3.26. The molecule has 5 rings (SSSR count). The van der Waals surface area contributed by atoms with Gasteiger partial charge in [-0.2, -0.15) is 5.01 Å². The number of pyridine rings is 1. The molecule has 4 aromatic rings. The number of anilines is 2. The van der Waals surface area contributed by atoms with Crippen molar-refractivity contribution in [1.82, 2.24) is 10.3 Å². The van der Waals surface area contributed by atoms with Crippen molar-refractivity contribution in [2.45, 2.75) is 20.0 Å². The smallest absolute Gasteiger partial charge is 0.296 e. The van der Waals surface area contributed by atoms with Crippen LogP contribution < -0.4 is 25.1 Å². The third kappa shape index (κ3) is 7.11. The van der Waals surface area contributed by atoms with Crippen LogP contribution in [0.1, 0.15) is 21.5 Å². The predicted octanol–water partition coefficient (Wildman–Crippen LogP) is 6.21. The number of nitrogens with zero attached hydrogens (tertiary/aromatic N) is 3. The van der Waals surface area contributed by atoms with E-state index in [1.54, 1.807) is 30.3 Å². The molecule has 1 unspecified atom stereocenters. The molecule has 1 aliphatic rings. The van der Waals surface area contributed by atoms with Gasteiger partial charge in [-0.3, -0.25) is 19.4 Å². The van der Waals surface area contributed by atoms with E-state index < -0.39 is 23.8 Å². The first-order chi connectivity index (χ1) is 21.1. The Kier molecular flexibility index (Phi) is 9.34. The lowest BCUT2D eigenvalue weighted by molar-refractivity contribution is -0.122. The molecule has 44 heavy (non-hydrogen) atoms. The molecule has 2 N–H and O–H groups in total. The van der Waals surface area contributed by atoms with E-state index in [1.165, 1.54) is 36.7 Å². The van der Waals surface area contributed by atoms with Crippen LogP contribution in [0.4, 0.5) is 11.4 Å². The van der Waals surface area contributed by atoms with Gasteiger partial charge >= 0.3 is 0 Å². The van der Waals surface area contributed by atoms with E-state index in [-0.39, 0.29) is 38.8 Å². The molecule has 0 saturated carbocycles. The minimum Gasteiger partial charge on any atom is -0.483 e. The van der Waals surface area contributed by atoms with Crippen LogP contribution in [-0.4, -0.2) is 41.3 Å². The van der Waals surface area contributed by atoms with Crippen molar-refractivity contribution in [3.63, 3.8) is 0 Å². The Bertz CT molecular complexity index is 1760. The predicted molar refractivity (Wildman–Crippen MR) is 169 cm³/mol. The third-order valence-corrected chi connectivity index (χ3v) is 7.12. The number of carbonyl (C=O) groups is 3. The lowest BCUT2D eigenvalue weighted by Crippen LogP contribution is -2.44. The summed E-state index contributed by atoms with van der Waals surface area (Å²) in [6, 6.07) is 17.8. The van der Waals surface area contributed by atoms with Gasteiger partial charge in [0.25, 0.3) is 17.7 Å². The lowest BCUT2D eigenvalue weighted by atomic mass is 10.1. The highest BCUT2D eigenvalue weighted by Gasteiger charge is 2.41. The topological polar surface area (TPSA) is 122 Å². The minimum absolute atomic E-state index is 0.0693. The van der Waals surface area contributed by atoms with Crippen LogP contribution in [0, 0.1) is 13.8 Å². The van der Waals surface area contributed by atoms with E-state index in [0.717, 1.165) is 16.1 Å². The number of aryl methyl sites for hydroxylation is 2. The second-order valence-electron chi connectivity index (χ2n) is 9.67. The number of aromatic nitrogens is 1. The molecule has 0 fully saturated rings. The van der Waals surface area contributed by atoms with Gasteiger partial charge in [0.2, 0.25) is 6.10 Å². The summed E-state index contributed by atoms with van der Waals surface area (Å²) in [4.78, 5) is 43.4. The summed E-state index contributed by atoms with van der Waals surface area (Å²) in [5.41, 5.74) is 2.61. The molecule has 0 bridgehead atoms. The quantitative estimate of drug-likeness (QED) is 0.233. The Hall–Kier alpha value is -4.64. The Balaban J connectivity index is 1.33. The van der Waals surface area contributed by atoms with Crippen LogP contribution in [-0.2, 0) is 9.59 Å². The van der Waals surface area contributed by atoms with E-state index in [1.807, 2.05) is 26.0 Å². The molecule has 10 nitrogen and oxygen atoms in total. The second kappa shape index (κ2) is 13.3. The zero-order chi connectivity index (χ0) is 31.4. The van der Waals surface area contributed by atoms with E-state index in [0.29, 0.717) is 17.2 Å². The van der Waals surface area contributed by atoms with Gasteiger partial charge in [-0.05, 0) is 67.9 Å². The number of carbonyl (C=O) groups excluding carboxylic acids is 3. The fourth-order valence-corrected chi connectivity index (χ4v) is 5.29. The minimum atomic E-state index is -1.35. The molecule has 224 valence electrons. The van der Waals surface area contributed by atoms with Crippen molar-refractivity contribution in [2.24, 2.45) is 5.10 Å². The number of benzene rings is 3.